The van der Waals surface area contributed by atoms with E-state index in [1.54, 1.807) is 0 Å². The van der Waals surface area contributed by atoms with E-state index in [1.165, 1.54) is 11.1 Å². The number of alkyl halides is 1. The molecule has 3 heterocycles. The molecule has 4 rings (SSSR count). The summed E-state index contributed by atoms with van der Waals surface area (Å²) in [5, 5.41) is 0.847. The predicted octanol–water partition coefficient (Wildman–Crippen LogP) is 3.68. The number of rotatable bonds is 4. The van der Waals surface area contributed by atoms with Gasteiger partial charge in [-0.3, -0.25) is 4.90 Å². The summed E-state index contributed by atoms with van der Waals surface area (Å²) in [4.78, 5) is 2.55. The van der Waals surface area contributed by atoms with E-state index in [-0.39, 0.29) is 17.8 Å². The number of benzene rings is 1. The SMILES string of the molecule is O=S(=O)(CCCCl)N1CCC[C@H]2CN3CCc4c(Cl)cccc4[C@@H]3C[C@H]21. The van der Waals surface area contributed by atoms with Gasteiger partial charge in [0.25, 0.3) is 0 Å². The molecule has 1 aromatic rings. The molecule has 0 aromatic heterocycles. The Morgan fingerprint density at radius 3 is 2.88 bits per heavy atom. The first-order valence-electron chi connectivity index (χ1n) is 9.58. The number of nitrogens with zero attached hydrogens (tertiary/aromatic N) is 2. The lowest BCUT2D eigenvalue weighted by Crippen LogP contribution is -2.57. The van der Waals surface area contributed by atoms with Crippen LogP contribution in [0.4, 0.5) is 0 Å². The summed E-state index contributed by atoms with van der Waals surface area (Å²) in [7, 11) is -3.23. The normalized spacial score (nSPS) is 29.7. The van der Waals surface area contributed by atoms with Crippen LogP contribution in [0.3, 0.4) is 0 Å². The fourth-order valence-corrected chi connectivity index (χ4v) is 7.50. The van der Waals surface area contributed by atoms with Gasteiger partial charge in [0.05, 0.1) is 5.75 Å². The quantitative estimate of drug-likeness (QED) is 0.702. The summed E-state index contributed by atoms with van der Waals surface area (Å²) in [6.45, 7) is 2.66. The van der Waals surface area contributed by atoms with E-state index in [0.717, 1.165) is 43.8 Å². The van der Waals surface area contributed by atoms with Gasteiger partial charge in [-0.15, -0.1) is 11.6 Å². The van der Waals surface area contributed by atoms with Crippen molar-refractivity contribution in [1.82, 2.24) is 9.21 Å². The Labute approximate surface area is 166 Å². The van der Waals surface area contributed by atoms with Crippen molar-refractivity contribution in [2.75, 3.05) is 31.3 Å². The van der Waals surface area contributed by atoms with Gasteiger partial charge in [0.15, 0.2) is 0 Å². The van der Waals surface area contributed by atoms with Crippen LogP contribution in [0.15, 0.2) is 18.2 Å². The minimum atomic E-state index is -3.23. The summed E-state index contributed by atoms with van der Waals surface area (Å²) in [6, 6.07) is 6.54. The molecule has 7 heteroatoms. The molecule has 0 radical (unpaired) electrons. The lowest BCUT2D eigenvalue weighted by atomic mass is 9.77. The molecule has 3 atom stereocenters. The molecule has 0 saturated carbocycles. The number of fused-ring (bicyclic) bond motifs is 4. The average Bonchev–Trinajstić information content (AvgIpc) is 2.64. The number of halogens is 2. The van der Waals surface area contributed by atoms with Crippen molar-refractivity contribution in [1.29, 1.82) is 0 Å². The molecule has 0 aliphatic carbocycles. The second-order valence-corrected chi connectivity index (χ2v) is 10.6. The molecule has 0 amide bonds. The van der Waals surface area contributed by atoms with Crippen molar-refractivity contribution in [3.05, 3.63) is 34.3 Å². The molecule has 0 N–H and O–H groups in total. The summed E-state index contributed by atoms with van der Waals surface area (Å²) < 4.78 is 27.6. The topological polar surface area (TPSA) is 40.6 Å². The van der Waals surface area contributed by atoms with Gasteiger partial charge in [-0.25, -0.2) is 8.42 Å². The van der Waals surface area contributed by atoms with Crippen molar-refractivity contribution in [2.45, 2.75) is 44.2 Å². The summed E-state index contributed by atoms with van der Waals surface area (Å²) in [6.07, 6.45) is 4.46. The smallest absolute Gasteiger partial charge is 0.214 e. The van der Waals surface area contributed by atoms with Crippen LogP contribution in [0.25, 0.3) is 0 Å². The van der Waals surface area contributed by atoms with Crippen LogP contribution in [0.1, 0.15) is 42.9 Å². The summed E-state index contributed by atoms with van der Waals surface area (Å²) in [5.41, 5.74) is 2.55. The maximum absolute atomic E-state index is 12.9. The van der Waals surface area contributed by atoms with Crippen LogP contribution in [-0.2, 0) is 16.4 Å². The second-order valence-electron chi connectivity index (χ2n) is 7.74. The Morgan fingerprint density at radius 1 is 1.23 bits per heavy atom. The van der Waals surface area contributed by atoms with E-state index in [0.29, 0.717) is 24.8 Å². The number of hydrogen-bond acceptors (Lipinski definition) is 3. The fourth-order valence-electron chi connectivity index (χ4n) is 5.11. The van der Waals surface area contributed by atoms with Gasteiger partial charge in [-0.05, 0) is 55.2 Å². The van der Waals surface area contributed by atoms with E-state index >= 15 is 0 Å². The lowest BCUT2D eigenvalue weighted by Gasteiger charge is -2.51. The molecule has 4 nitrogen and oxygen atoms in total. The molecule has 1 aromatic carbocycles. The largest absolute Gasteiger partial charge is 0.296 e. The van der Waals surface area contributed by atoms with Gasteiger partial charge in [-0.1, -0.05) is 23.7 Å². The molecule has 144 valence electrons. The van der Waals surface area contributed by atoms with Crippen molar-refractivity contribution < 1.29 is 8.42 Å². The first-order valence-corrected chi connectivity index (χ1v) is 12.1. The highest BCUT2D eigenvalue weighted by Crippen LogP contribution is 2.44. The second kappa shape index (κ2) is 7.59. The van der Waals surface area contributed by atoms with Crippen LogP contribution < -0.4 is 0 Å². The highest BCUT2D eigenvalue weighted by atomic mass is 35.5. The maximum atomic E-state index is 12.9. The monoisotopic (exact) mass is 416 g/mol. The van der Waals surface area contributed by atoms with E-state index in [9.17, 15) is 8.42 Å². The number of sulfonamides is 1. The van der Waals surface area contributed by atoms with Crippen molar-refractivity contribution >= 4 is 33.2 Å². The summed E-state index contributed by atoms with van der Waals surface area (Å²) in [5.74, 6) is 0.992. The Bertz CT molecular complexity index is 771. The van der Waals surface area contributed by atoms with Crippen LogP contribution in [0.2, 0.25) is 5.02 Å². The molecule has 0 bridgehead atoms. The van der Waals surface area contributed by atoms with Gasteiger partial charge in [0.1, 0.15) is 0 Å². The third-order valence-electron chi connectivity index (χ3n) is 6.30. The van der Waals surface area contributed by atoms with Gasteiger partial charge in [0, 0.05) is 42.6 Å². The molecule has 0 spiro atoms. The third kappa shape index (κ3) is 3.42. The lowest BCUT2D eigenvalue weighted by molar-refractivity contribution is 0.0220. The molecule has 2 fully saturated rings. The minimum Gasteiger partial charge on any atom is -0.296 e. The van der Waals surface area contributed by atoms with E-state index in [2.05, 4.69) is 11.0 Å². The van der Waals surface area contributed by atoms with Gasteiger partial charge >= 0.3 is 0 Å². The Hall–Kier alpha value is -0.330. The van der Waals surface area contributed by atoms with Crippen LogP contribution >= 0.6 is 23.2 Å². The fraction of sp³-hybridized carbons (Fsp3) is 0.684. The Kier molecular flexibility index (Phi) is 5.55. The molecular weight excluding hydrogens is 391 g/mol. The number of hydrogen-bond donors (Lipinski definition) is 0. The highest BCUT2D eigenvalue weighted by Gasteiger charge is 2.45. The van der Waals surface area contributed by atoms with Crippen LogP contribution in [0.5, 0.6) is 0 Å². The molecule has 3 aliphatic rings. The standard InChI is InChI=1S/C19H26Cl2N2O2S/c20-8-3-11-26(24,25)23-9-2-4-14-13-22-10-7-15-16(5-1-6-17(15)21)19(22)12-18(14)23/h1,5-6,14,18-19H,2-4,7-13H2/t14-,18+,19-/m0/s1. The Balaban J connectivity index is 1.62. The van der Waals surface area contributed by atoms with Gasteiger partial charge < -0.3 is 0 Å². The molecular formula is C19H26Cl2N2O2S. The first kappa shape index (κ1) is 19.0. The molecule has 0 unspecified atom stereocenters. The van der Waals surface area contributed by atoms with Gasteiger partial charge in [-0.2, -0.15) is 4.31 Å². The van der Waals surface area contributed by atoms with E-state index in [1.807, 2.05) is 16.4 Å². The first-order chi connectivity index (χ1) is 12.5. The number of piperidine rings is 2. The molecule has 26 heavy (non-hydrogen) atoms. The molecule has 2 saturated heterocycles. The predicted molar refractivity (Wildman–Crippen MR) is 106 cm³/mol. The zero-order valence-corrected chi connectivity index (χ0v) is 17.2. The molecule has 3 aliphatic heterocycles. The van der Waals surface area contributed by atoms with Crippen molar-refractivity contribution in [3.8, 4) is 0 Å². The maximum Gasteiger partial charge on any atom is 0.214 e. The van der Waals surface area contributed by atoms with Crippen molar-refractivity contribution in [2.24, 2.45) is 5.92 Å². The van der Waals surface area contributed by atoms with E-state index < -0.39 is 10.0 Å². The average molecular weight is 417 g/mol. The highest BCUT2D eigenvalue weighted by molar-refractivity contribution is 7.89. The van der Waals surface area contributed by atoms with E-state index in [4.69, 9.17) is 23.2 Å². The third-order valence-corrected chi connectivity index (χ3v) is 8.89. The van der Waals surface area contributed by atoms with Crippen LogP contribution in [0, 0.1) is 5.92 Å². The zero-order chi connectivity index (χ0) is 18.3. The van der Waals surface area contributed by atoms with Gasteiger partial charge in [0.2, 0.25) is 10.0 Å². The van der Waals surface area contributed by atoms with Crippen LogP contribution in [-0.4, -0.2) is 54.9 Å². The summed E-state index contributed by atoms with van der Waals surface area (Å²) >= 11 is 12.2. The van der Waals surface area contributed by atoms with Crippen molar-refractivity contribution in [3.63, 3.8) is 0 Å². The Morgan fingerprint density at radius 2 is 2.08 bits per heavy atom. The minimum absolute atomic E-state index is 0.107. The zero-order valence-electron chi connectivity index (χ0n) is 14.9.